The third kappa shape index (κ3) is 3.50. The van der Waals surface area contributed by atoms with E-state index >= 15 is 0 Å². The number of nitrogens with one attached hydrogen (secondary N) is 4. The summed E-state index contributed by atoms with van der Waals surface area (Å²) < 4.78 is 12.9. The quantitative estimate of drug-likeness (QED) is 0.528. The lowest BCUT2D eigenvalue weighted by Gasteiger charge is -2.23. The molecule has 1 aromatic heterocycles. The SMILES string of the molecule is NC(=O)NC(=O)[C@H]1CC(=O)Nc2nc(Nc3ccc(F)cc3)[nH]c(=O)c21. The summed E-state index contributed by atoms with van der Waals surface area (Å²) in [6.07, 6.45) is -0.332. The molecular formula is C15H13FN6O4. The molecule has 0 radical (unpaired) electrons. The number of aromatic nitrogens is 2. The minimum absolute atomic E-state index is 0.0170. The number of carbonyl (C=O) groups is 3. The Balaban J connectivity index is 1.96. The van der Waals surface area contributed by atoms with Crippen LogP contribution < -0.4 is 27.2 Å². The second-order valence-electron chi connectivity index (χ2n) is 5.47. The van der Waals surface area contributed by atoms with Gasteiger partial charge in [0.15, 0.2) is 0 Å². The van der Waals surface area contributed by atoms with Crippen molar-refractivity contribution in [1.29, 1.82) is 0 Å². The number of urea groups is 1. The molecule has 134 valence electrons. The average molecular weight is 360 g/mol. The lowest BCUT2D eigenvalue weighted by molar-refractivity contribution is -0.125. The first-order valence-electron chi connectivity index (χ1n) is 7.40. The van der Waals surface area contributed by atoms with E-state index in [0.29, 0.717) is 5.69 Å². The zero-order valence-corrected chi connectivity index (χ0v) is 13.1. The summed E-state index contributed by atoms with van der Waals surface area (Å²) in [6.45, 7) is 0. The Labute approximate surface area is 145 Å². The molecule has 10 nitrogen and oxygen atoms in total. The second-order valence-corrected chi connectivity index (χ2v) is 5.47. The van der Waals surface area contributed by atoms with Gasteiger partial charge in [0, 0.05) is 12.1 Å². The Morgan fingerprint density at radius 3 is 2.58 bits per heavy atom. The summed E-state index contributed by atoms with van der Waals surface area (Å²) in [4.78, 5) is 53.6. The van der Waals surface area contributed by atoms with Crippen molar-refractivity contribution in [1.82, 2.24) is 15.3 Å². The number of nitrogens with zero attached hydrogens (tertiary/aromatic N) is 1. The second kappa shape index (κ2) is 6.63. The Morgan fingerprint density at radius 2 is 1.92 bits per heavy atom. The predicted octanol–water partition coefficient (Wildman–Crippen LogP) is 0.273. The minimum Gasteiger partial charge on any atom is -0.351 e. The van der Waals surface area contributed by atoms with Gasteiger partial charge in [0.05, 0.1) is 11.5 Å². The molecular weight excluding hydrogens is 347 g/mol. The summed E-state index contributed by atoms with van der Waals surface area (Å²) in [6, 6.07) is 4.18. The van der Waals surface area contributed by atoms with Crippen LogP contribution in [0.2, 0.25) is 0 Å². The third-order valence-corrected chi connectivity index (χ3v) is 3.62. The summed E-state index contributed by atoms with van der Waals surface area (Å²) in [5.74, 6) is -3.19. The van der Waals surface area contributed by atoms with Gasteiger partial charge in [-0.25, -0.2) is 9.18 Å². The highest BCUT2D eigenvalue weighted by atomic mass is 19.1. The van der Waals surface area contributed by atoms with Gasteiger partial charge in [-0.2, -0.15) is 4.98 Å². The van der Waals surface area contributed by atoms with E-state index in [2.05, 4.69) is 20.6 Å². The molecule has 0 unspecified atom stereocenters. The molecule has 26 heavy (non-hydrogen) atoms. The average Bonchev–Trinajstić information content (AvgIpc) is 2.55. The summed E-state index contributed by atoms with van der Waals surface area (Å²) in [5, 5.41) is 7.01. The minimum atomic E-state index is -1.21. The smallest absolute Gasteiger partial charge is 0.318 e. The number of rotatable bonds is 3. The standard InChI is InChI=1S/C15H13FN6O4/c16-6-1-3-7(4-2-6)18-15-20-11-10(13(25)22-15)8(5-9(23)19-11)12(24)21-14(17)26/h1-4,8H,5H2,(H3,17,21,24,26)(H3,18,19,20,22,23,25)/t8-/m0/s1. The van der Waals surface area contributed by atoms with Gasteiger partial charge in [-0.3, -0.25) is 24.7 Å². The fraction of sp³-hybridized carbons (Fsp3) is 0.133. The van der Waals surface area contributed by atoms with Crippen LogP contribution in [0.3, 0.4) is 0 Å². The highest BCUT2D eigenvalue weighted by Gasteiger charge is 2.35. The maximum absolute atomic E-state index is 12.9. The molecule has 0 bridgehead atoms. The van der Waals surface area contributed by atoms with Crippen LogP contribution in [0.15, 0.2) is 29.1 Å². The monoisotopic (exact) mass is 360 g/mol. The number of halogens is 1. The number of hydrogen-bond acceptors (Lipinski definition) is 6. The number of carbonyl (C=O) groups excluding carboxylic acids is 3. The van der Waals surface area contributed by atoms with E-state index in [1.165, 1.54) is 24.3 Å². The van der Waals surface area contributed by atoms with Gasteiger partial charge in [0.1, 0.15) is 11.6 Å². The number of aromatic amines is 1. The predicted molar refractivity (Wildman–Crippen MR) is 88.3 cm³/mol. The van der Waals surface area contributed by atoms with Crippen molar-refractivity contribution >= 4 is 35.3 Å². The summed E-state index contributed by atoms with van der Waals surface area (Å²) >= 11 is 0. The van der Waals surface area contributed by atoms with Crippen LogP contribution in [0.1, 0.15) is 17.9 Å². The number of amides is 4. The van der Waals surface area contributed by atoms with Gasteiger partial charge >= 0.3 is 6.03 Å². The van der Waals surface area contributed by atoms with Gasteiger partial charge in [0.25, 0.3) is 5.56 Å². The van der Waals surface area contributed by atoms with Crippen molar-refractivity contribution in [3.63, 3.8) is 0 Å². The third-order valence-electron chi connectivity index (χ3n) is 3.62. The number of imide groups is 1. The molecule has 0 saturated carbocycles. The summed E-state index contributed by atoms with van der Waals surface area (Å²) in [7, 11) is 0. The van der Waals surface area contributed by atoms with Gasteiger partial charge in [0.2, 0.25) is 17.8 Å². The number of fused-ring (bicyclic) bond motifs is 1. The van der Waals surface area contributed by atoms with E-state index in [4.69, 9.17) is 5.73 Å². The summed E-state index contributed by atoms with van der Waals surface area (Å²) in [5.41, 5.74) is 4.58. The number of nitrogens with two attached hydrogens (primary N) is 1. The number of H-pyrrole nitrogens is 1. The zero-order valence-electron chi connectivity index (χ0n) is 13.1. The Bertz CT molecular complexity index is 956. The highest BCUT2D eigenvalue weighted by Crippen LogP contribution is 2.29. The van der Waals surface area contributed by atoms with Crippen molar-refractivity contribution in [3.05, 3.63) is 46.0 Å². The molecule has 0 fully saturated rings. The van der Waals surface area contributed by atoms with E-state index in [1.807, 2.05) is 5.32 Å². The molecule has 3 rings (SSSR count). The first-order valence-corrected chi connectivity index (χ1v) is 7.40. The first kappa shape index (κ1) is 17.1. The fourth-order valence-electron chi connectivity index (χ4n) is 2.53. The van der Waals surface area contributed by atoms with Crippen molar-refractivity contribution in [3.8, 4) is 0 Å². The molecule has 1 atom stereocenters. The van der Waals surface area contributed by atoms with Crippen LogP contribution in [0.5, 0.6) is 0 Å². The fourth-order valence-corrected chi connectivity index (χ4v) is 2.53. The largest absolute Gasteiger partial charge is 0.351 e. The molecule has 1 aliphatic rings. The van der Waals surface area contributed by atoms with E-state index in [0.717, 1.165) is 0 Å². The molecule has 2 heterocycles. The van der Waals surface area contributed by atoms with Crippen LogP contribution >= 0.6 is 0 Å². The molecule has 1 aromatic carbocycles. The van der Waals surface area contributed by atoms with Crippen molar-refractivity contribution in [2.24, 2.45) is 5.73 Å². The van der Waals surface area contributed by atoms with E-state index in [-0.39, 0.29) is 23.8 Å². The van der Waals surface area contributed by atoms with Crippen molar-refractivity contribution in [2.75, 3.05) is 10.6 Å². The van der Waals surface area contributed by atoms with Gasteiger partial charge in [-0.15, -0.1) is 0 Å². The van der Waals surface area contributed by atoms with E-state index in [1.54, 1.807) is 0 Å². The topological polar surface area (TPSA) is 159 Å². The zero-order chi connectivity index (χ0) is 18.8. The molecule has 0 aliphatic carbocycles. The number of primary amides is 1. The van der Waals surface area contributed by atoms with Crippen molar-refractivity contribution < 1.29 is 18.8 Å². The normalized spacial score (nSPS) is 15.6. The molecule has 0 spiro atoms. The van der Waals surface area contributed by atoms with Crippen molar-refractivity contribution in [2.45, 2.75) is 12.3 Å². The van der Waals surface area contributed by atoms with Crippen LogP contribution in [-0.4, -0.2) is 27.8 Å². The number of anilines is 3. The molecule has 1 aliphatic heterocycles. The molecule has 2 aromatic rings. The Morgan fingerprint density at radius 1 is 1.23 bits per heavy atom. The molecule has 4 amide bonds. The van der Waals surface area contributed by atoms with Gasteiger partial charge in [-0.05, 0) is 24.3 Å². The van der Waals surface area contributed by atoms with Gasteiger partial charge in [-0.1, -0.05) is 0 Å². The highest BCUT2D eigenvalue weighted by molar-refractivity contribution is 6.04. The molecule has 0 saturated heterocycles. The maximum Gasteiger partial charge on any atom is 0.318 e. The Hall–Kier alpha value is -3.76. The number of benzene rings is 1. The van der Waals surface area contributed by atoms with E-state index < -0.39 is 35.1 Å². The van der Waals surface area contributed by atoms with Crippen LogP contribution in [0.4, 0.5) is 26.6 Å². The van der Waals surface area contributed by atoms with Crippen LogP contribution in [0, 0.1) is 5.82 Å². The maximum atomic E-state index is 12.9. The van der Waals surface area contributed by atoms with Gasteiger partial charge < -0.3 is 16.4 Å². The van der Waals surface area contributed by atoms with Crippen LogP contribution in [0.25, 0.3) is 0 Å². The first-order chi connectivity index (χ1) is 12.3. The number of hydrogen-bond donors (Lipinski definition) is 5. The molecule has 11 heteroatoms. The molecule has 6 N–H and O–H groups in total. The lowest BCUT2D eigenvalue weighted by Crippen LogP contribution is -2.43. The Kier molecular flexibility index (Phi) is 4.35. The van der Waals surface area contributed by atoms with E-state index in [9.17, 15) is 23.6 Å². The van der Waals surface area contributed by atoms with Crippen LogP contribution in [-0.2, 0) is 9.59 Å². The lowest BCUT2D eigenvalue weighted by atomic mass is 9.92.